The average Bonchev–Trinajstić information content (AvgIpc) is 2.91. The van der Waals surface area contributed by atoms with Crippen LogP contribution in [0.3, 0.4) is 0 Å². The van der Waals surface area contributed by atoms with Gasteiger partial charge in [0.1, 0.15) is 5.58 Å². The van der Waals surface area contributed by atoms with E-state index in [0.717, 1.165) is 10.9 Å². The molecule has 0 radical (unpaired) electrons. The summed E-state index contributed by atoms with van der Waals surface area (Å²) in [4.78, 5) is 23.6. The summed E-state index contributed by atoms with van der Waals surface area (Å²) in [5.41, 5.74) is 0.798. The molecule has 1 aromatic heterocycles. The molecular formula is C17H21NO4. The molecule has 2 aromatic rings. The number of nitrogens with one attached hydrogen (secondary N) is 1. The first-order chi connectivity index (χ1) is 10.4. The number of furan rings is 1. The number of carbonyl (C=O) groups excluding carboxylic acids is 1. The fourth-order valence-electron chi connectivity index (χ4n) is 2.49. The van der Waals surface area contributed by atoms with Gasteiger partial charge >= 0.3 is 5.97 Å². The van der Waals surface area contributed by atoms with E-state index in [4.69, 9.17) is 4.42 Å². The normalized spacial score (nSPS) is 11.6. The molecule has 0 unspecified atom stereocenters. The molecule has 118 valence electrons. The Bertz CT molecular complexity index is 698. The maximum absolute atomic E-state index is 12.2. The van der Waals surface area contributed by atoms with Crippen LogP contribution in [0.2, 0.25) is 0 Å². The molecule has 2 rings (SSSR count). The number of carboxylic acid groups (broad SMARTS) is 1. The van der Waals surface area contributed by atoms with Crippen LogP contribution in [0.5, 0.6) is 0 Å². The second-order valence-electron chi connectivity index (χ2n) is 5.63. The molecular weight excluding hydrogens is 282 g/mol. The SMILES string of the molecule is CCC(CC)(CNC(=O)c1cc2cc(C)ccc2o1)C(=O)O. The summed E-state index contributed by atoms with van der Waals surface area (Å²) in [6, 6.07) is 7.35. The number of benzene rings is 1. The topological polar surface area (TPSA) is 79.5 Å². The zero-order chi connectivity index (χ0) is 16.3. The van der Waals surface area contributed by atoms with E-state index >= 15 is 0 Å². The van der Waals surface area contributed by atoms with Gasteiger partial charge in [0.25, 0.3) is 5.91 Å². The minimum atomic E-state index is -0.932. The molecule has 5 heteroatoms. The third kappa shape index (κ3) is 2.98. The minimum Gasteiger partial charge on any atom is -0.481 e. The number of amides is 1. The summed E-state index contributed by atoms with van der Waals surface area (Å²) in [5.74, 6) is -1.08. The van der Waals surface area contributed by atoms with Gasteiger partial charge in [-0.3, -0.25) is 9.59 Å². The van der Waals surface area contributed by atoms with Crippen molar-refractivity contribution in [3.63, 3.8) is 0 Å². The molecule has 0 fully saturated rings. The Hall–Kier alpha value is -2.30. The van der Waals surface area contributed by atoms with Crippen molar-refractivity contribution in [1.82, 2.24) is 5.32 Å². The highest BCUT2D eigenvalue weighted by Gasteiger charge is 2.35. The van der Waals surface area contributed by atoms with Crippen molar-refractivity contribution in [2.75, 3.05) is 6.54 Å². The number of hydrogen-bond acceptors (Lipinski definition) is 3. The van der Waals surface area contributed by atoms with Gasteiger partial charge in [-0.05, 0) is 38.0 Å². The van der Waals surface area contributed by atoms with Crippen LogP contribution in [0.25, 0.3) is 11.0 Å². The Morgan fingerprint density at radius 1 is 1.23 bits per heavy atom. The van der Waals surface area contributed by atoms with Crippen LogP contribution in [0.15, 0.2) is 28.7 Å². The van der Waals surface area contributed by atoms with Crippen LogP contribution in [-0.4, -0.2) is 23.5 Å². The van der Waals surface area contributed by atoms with Gasteiger partial charge in [0.05, 0.1) is 5.41 Å². The predicted molar refractivity (Wildman–Crippen MR) is 83.9 cm³/mol. The van der Waals surface area contributed by atoms with Gasteiger partial charge < -0.3 is 14.8 Å². The van der Waals surface area contributed by atoms with E-state index < -0.39 is 11.4 Å². The van der Waals surface area contributed by atoms with Gasteiger partial charge in [0.2, 0.25) is 0 Å². The molecule has 0 saturated carbocycles. The van der Waals surface area contributed by atoms with E-state index in [1.165, 1.54) is 0 Å². The fraction of sp³-hybridized carbons (Fsp3) is 0.412. The lowest BCUT2D eigenvalue weighted by molar-refractivity contribution is -0.149. The summed E-state index contributed by atoms with van der Waals surface area (Å²) < 4.78 is 5.52. The third-order valence-electron chi connectivity index (χ3n) is 4.29. The highest BCUT2D eigenvalue weighted by Crippen LogP contribution is 2.26. The molecule has 0 aliphatic carbocycles. The highest BCUT2D eigenvalue weighted by atomic mass is 16.4. The highest BCUT2D eigenvalue weighted by molar-refractivity contribution is 5.96. The third-order valence-corrected chi connectivity index (χ3v) is 4.29. The molecule has 2 N–H and O–H groups in total. The van der Waals surface area contributed by atoms with Crippen LogP contribution < -0.4 is 5.32 Å². The summed E-state index contributed by atoms with van der Waals surface area (Å²) in [5, 5.41) is 12.9. The molecule has 1 amide bonds. The number of aryl methyl sites for hydroxylation is 1. The smallest absolute Gasteiger partial charge is 0.311 e. The van der Waals surface area contributed by atoms with E-state index in [2.05, 4.69) is 5.32 Å². The van der Waals surface area contributed by atoms with Crippen molar-refractivity contribution < 1.29 is 19.1 Å². The second kappa shape index (κ2) is 6.22. The molecule has 0 aliphatic heterocycles. The molecule has 1 heterocycles. The monoisotopic (exact) mass is 303 g/mol. The Kier molecular flexibility index (Phi) is 4.54. The summed E-state index contributed by atoms with van der Waals surface area (Å²) in [6.07, 6.45) is 0.914. The summed E-state index contributed by atoms with van der Waals surface area (Å²) in [7, 11) is 0. The zero-order valence-electron chi connectivity index (χ0n) is 13.1. The van der Waals surface area contributed by atoms with Gasteiger partial charge in [-0.15, -0.1) is 0 Å². The van der Waals surface area contributed by atoms with E-state index in [9.17, 15) is 14.7 Å². The standard InChI is InChI=1S/C17H21NO4/c1-4-17(5-2,16(20)21)10-18-15(19)14-9-12-8-11(3)6-7-13(12)22-14/h6-9H,4-5,10H2,1-3H3,(H,18,19)(H,20,21). The largest absolute Gasteiger partial charge is 0.481 e. The zero-order valence-corrected chi connectivity index (χ0v) is 13.1. The first-order valence-electron chi connectivity index (χ1n) is 7.43. The lowest BCUT2D eigenvalue weighted by Gasteiger charge is -2.26. The maximum atomic E-state index is 12.2. The lowest BCUT2D eigenvalue weighted by atomic mass is 9.82. The van der Waals surface area contributed by atoms with Gasteiger partial charge in [-0.25, -0.2) is 0 Å². The first-order valence-corrected chi connectivity index (χ1v) is 7.43. The Morgan fingerprint density at radius 2 is 1.91 bits per heavy atom. The van der Waals surface area contributed by atoms with Gasteiger partial charge in [-0.2, -0.15) is 0 Å². The van der Waals surface area contributed by atoms with Crippen molar-refractivity contribution in [3.8, 4) is 0 Å². The molecule has 1 aromatic carbocycles. The molecule has 0 aliphatic rings. The molecule has 5 nitrogen and oxygen atoms in total. The van der Waals surface area contributed by atoms with Crippen LogP contribution in [0, 0.1) is 12.3 Å². The molecule has 0 atom stereocenters. The van der Waals surface area contributed by atoms with Crippen LogP contribution in [0.1, 0.15) is 42.8 Å². The number of carbonyl (C=O) groups is 2. The quantitative estimate of drug-likeness (QED) is 0.857. The van der Waals surface area contributed by atoms with Crippen LogP contribution in [-0.2, 0) is 4.79 Å². The maximum Gasteiger partial charge on any atom is 0.311 e. The van der Waals surface area contributed by atoms with E-state index in [1.54, 1.807) is 6.07 Å². The van der Waals surface area contributed by atoms with Crippen molar-refractivity contribution in [1.29, 1.82) is 0 Å². The fourth-order valence-corrected chi connectivity index (χ4v) is 2.49. The average molecular weight is 303 g/mol. The van der Waals surface area contributed by atoms with E-state index in [0.29, 0.717) is 18.4 Å². The van der Waals surface area contributed by atoms with Crippen molar-refractivity contribution in [3.05, 3.63) is 35.6 Å². The lowest BCUT2D eigenvalue weighted by Crippen LogP contribution is -2.42. The number of aliphatic carboxylic acids is 1. The van der Waals surface area contributed by atoms with Gasteiger partial charge in [0.15, 0.2) is 5.76 Å². The van der Waals surface area contributed by atoms with E-state index in [1.807, 2.05) is 39.0 Å². The van der Waals surface area contributed by atoms with Gasteiger partial charge in [0, 0.05) is 11.9 Å². The van der Waals surface area contributed by atoms with Crippen molar-refractivity contribution in [2.45, 2.75) is 33.6 Å². The second-order valence-corrected chi connectivity index (χ2v) is 5.63. The summed E-state index contributed by atoms with van der Waals surface area (Å²) in [6.45, 7) is 5.68. The number of fused-ring (bicyclic) bond motifs is 1. The molecule has 22 heavy (non-hydrogen) atoms. The minimum absolute atomic E-state index is 0.0875. The van der Waals surface area contributed by atoms with Crippen LogP contribution in [0.4, 0.5) is 0 Å². The Labute approximate surface area is 129 Å². The van der Waals surface area contributed by atoms with Gasteiger partial charge in [-0.1, -0.05) is 25.5 Å². The first kappa shape index (κ1) is 16.1. The number of carboxylic acids is 1. The molecule has 0 bridgehead atoms. The Balaban J connectivity index is 2.15. The summed E-state index contributed by atoms with van der Waals surface area (Å²) >= 11 is 0. The van der Waals surface area contributed by atoms with Crippen LogP contribution >= 0.6 is 0 Å². The Morgan fingerprint density at radius 3 is 2.50 bits per heavy atom. The predicted octanol–water partition coefficient (Wildman–Crippen LogP) is 3.36. The molecule has 0 spiro atoms. The number of rotatable bonds is 6. The van der Waals surface area contributed by atoms with E-state index in [-0.39, 0.29) is 18.2 Å². The molecule has 0 saturated heterocycles. The van der Waals surface area contributed by atoms with Crippen molar-refractivity contribution in [2.24, 2.45) is 5.41 Å². The number of hydrogen-bond donors (Lipinski definition) is 2. The van der Waals surface area contributed by atoms with Crippen molar-refractivity contribution >= 4 is 22.8 Å².